The first-order chi connectivity index (χ1) is 7.77. The Morgan fingerprint density at radius 3 is 2.94 bits per heavy atom. The molecule has 0 saturated heterocycles. The highest BCUT2D eigenvalue weighted by Gasteiger charge is 2.07. The zero-order valence-corrected chi connectivity index (χ0v) is 12.3. The lowest BCUT2D eigenvalue weighted by Gasteiger charge is -2.15. The van der Waals surface area contributed by atoms with Gasteiger partial charge >= 0.3 is 0 Å². The molecule has 0 aliphatic heterocycles. The van der Waals surface area contributed by atoms with Crippen molar-refractivity contribution in [2.24, 2.45) is 0 Å². The molecule has 0 amide bonds. The maximum absolute atomic E-state index is 4.35. The number of pyridine rings is 1. The molecule has 1 atom stereocenters. The van der Waals surface area contributed by atoms with E-state index in [1.807, 2.05) is 30.1 Å². The van der Waals surface area contributed by atoms with Gasteiger partial charge in [0.25, 0.3) is 0 Å². The molecule has 0 fully saturated rings. The Kier molecular flexibility index (Phi) is 7.08. The lowest BCUT2D eigenvalue weighted by molar-refractivity contribution is 0.539. The van der Waals surface area contributed by atoms with Crippen LogP contribution in [0.2, 0.25) is 0 Å². The third-order valence-corrected chi connectivity index (χ3v) is 4.39. The van der Waals surface area contributed by atoms with E-state index in [0.29, 0.717) is 6.04 Å². The van der Waals surface area contributed by atoms with Crippen molar-refractivity contribution in [3.8, 4) is 0 Å². The van der Waals surface area contributed by atoms with Crippen LogP contribution < -0.4 is 5.32 Å². The molecular weight excluding hydrogens is 284 g/mol. The van der Waals surface area contributed by atoms with E-state index in [0.717, 1.165) is 28.2 Å². The van der Waals surface area contributed by atoms with Gasteiger partial charge in [0.15, 0.2) is 0 Å². The van der Waals surface area contributed by atoms with Crippen molar-refractivity contribution in [1.82, 2.24) is 10.3 Å². The van der Waals surface area contributed by atoms with Gasteiger partial charge in [0, 0.05) is 22.5 Å². The SMILES string of the molecule is CCCNC(CC)CSc1ncccc1Br. The van der Waals surface area contributed by atoms with Crippen molar-refractivity contribution in [1.29, 1.82) is 0 Å². The minimum absolute atomic E-state index is 0.582. The smallest absolute Gasteiger partial charge is 0.110 e. The Morgan fingerprint density at radius 2 is 2.31 bits per heavy atom. The van der Waals surface area contributed by atoms with Crippen molar-refractivity contribution in [2.45, 2.75) is 37.8 Å². The van der Waals surface area contributed by atoms with Gasteiger partial charge in [0.05, 0.1) is 0 Å². The number of rotatable bonds is 7. The van der Waals surface area contributed by atoms with Crippen LogP contribution in [0.25, 0.3) is 0 Å². The number of halogens is 1. The van der Waals surface area contributed by atoms with E-state index < -0.39 is 0 Å². The van der Waals surface area contributed by atoms with Crippen molar-refractivity contribution >= 4 is 27.7 Å². The maximum Gasteiger partial charge on any atom is 0.110 e. The first-order valence-electron chi connectivity index (χ1n) is 5.74. The first-order valence-corrected chi connectivity index (χ1v) is 7.52. The molecule has 0 bridgehead atoms. The van der Waals surface area contributed by atoms with Crippen molar-refractivity contribution in [2.75, 3.05) is 12.3 Å². The number of hydrogen-bond acceptors (Lipinski definition) is 3. The van der Waals surface area contributed by atoms with Crippen LogP contribution in [0.1, 0.15) is 26.7 Å². The lowest BCUT2D eigenvalue weighted by atomic mass is 10.2. The highest BCUT2D eigenvalue weighted by atomic mass is 79.9. The zero-order valence-electron chi connectivity index (χ0n) is 9.87. The molecule has 1 aromatic heterocycles. The molecule has 2 nitrogen and oxygen atoms in total. The van der Waals surface area contributed by atoms with Gasteiger partial charge in [-0.1, -0.05) is 13.8 Å². The molecule has 0 spiro atoms. The third-order valence-electron chi connectivity index (χ3n) is 2.32. The first kappa shape index (κ1) is 14.0. The molecule has 1 heterocycles. The molecule has 1 N–H and O–H groups in total. The van der Waals surface area contributed by atoms with Gasteiger partial charge < -0.3 is 5.32 Å². The molecule has 1 unspecified atom stereocenters. The fourth-order valence-corrected chi connectivity index (χ4v) is 2.98. The number of nitrogens with zero attached hydrogens (tertiary/aromatic N) is 1. The average Bonchev–Trinajstić information content (AvgIpc) is 2.31. The number of thioether (sulfide) groups is 1. The predicted molar refractivity (Wildman–Crippen MR) is 75.0 cm³/mol. The number of aromatic nitrogens is 1. The molecule has 90 valence electrons. The molecular formula is C12H19BrN2S. The van der Waals surface area contributed by atoms with Gasteiger partial charge in [-0.15, -0.1) is 11.8 Å². The quantitative estimate of drug-likeness (QED) is 0.777. The average molecular weight is 303 g/mol. The van der Waals surface area contributed by atoms with Crippen LogP contribution in [0, 0.1) is 0 Å². The van der Waals surface area contributed by atoms with Gasteiger partial charge in [-0.05, 0) is 47.4 Å². The molecule has 0 aliphatic carbocycles. The van der Waals surface area contributed by atoms with Gasteiger partial charge in [0.1, 0.15) is 5.03 Å². The third kappa shape index (κ3) is 4.85. The predicted octanol–water partition coefficient (Wildman–Crippen LogP) is 3.71. The van der Waals surface area contributed by atoms with E-state index in [-0.39, 0.29) is 0 Å². The van der Waals surface area contributed by atoms with Gasteiger partial charge in [-0.2, -0.15) is 0 Å². The zero-order chi connectivity index (χ0) is 11.8. The lowest BCUT2D eigenvalue weighted by Crippen LogP contribution is -2.31. The number of nitrogens with one attached hydrogen (secondary N) is 1. The summed E-state index contributed by atoms with van der Waals surface area (Å²) in [6.07, 6.45) is 4.19. The maximum atomic E-state index is 4.35. The van der Waals surface area contributed by atoms with Gasteiger partial charge in [-0.25, -0.2) is 4.98 Å². The van der Waals surface area contributed by atoms with Crippen LogP contribution in [0.5, 0.6) is 0 Å². The Morgan fingerprint density at radius 1 is 1.50 bits per heavy atom. The summed E-state index contributed by atoms with van der Waals surface area (Å²) in [6, 6.07) is 4.56. The molecule has 1 rings (SSSR count). The summed E-state index contributed by atoms with van der Waals surface area (Å²) in [5.74, 6) is 1.08. The Bertz CT molecular complexity index is 307. The second kappa shape index (κ2) is 8.09. The molecule has 4 heteroatoms. The summed E-state index contributed by atoms with van der Waals surface area (Å²) < 4.78 is 1.09. The van der Waals surface area contributed by atoms with Crippen LogP contribution in [0.4, 0.5) is 0 Å². The van der Waals surface area contributed by atoms with Gasteiger partial charge in [-0.3, -0.25) is 0 Å². The summed E-state index contributed by atoms with van der Waals surface area (Å²) in [5.41, 5.74) is 0. The van der Waals surface area contributed by atoms with E-state index in [9.17, 15) is 0 Å². The fraction of sp³-hybridized carbons (Fsp3) is 0.583. The van der Waals surface area contributed by atoms with Gasteiger partial charge in [0.2, 0.25) is 0 Å². The Balaban J connectivity index is 2.40. The summed E-state index contributed by atoms with van der Waals surface area (Å²) >= 11 is 5.33. The summed E-state index contributed by atoms with van der Waals surface area (Å²) in [4.78, 5) is 4.35. The summed E-state index contributed by atoms with van der Waals surface area (Å²) in [7, 11) is 0. The monoisotopic (exact) mass is 302 g/mol. The normalized spacial score (nSPS) is 12.7. The van der Waals surface area contributed by atoms with Crippen molar-refractivity contribution in [3.05, 3.63) is 22.8 Å². The van der Waals surface area contributed by atoms with E-state index in [1.54, 1.807) is 0 Å². The standard InChI is InChI=1S/C12H19BrN2S/c1-3-7-14-10(4-2)9-16-12-11(13)6-5-8-15-12/h5-6,8,10,14H,3-4,7,9H2,1-2H3. The molecule has 1 aromatic rings. The van der Waals surface area contributed by atoms with Crippen LogP contribution >= 0.6 is 27.7 Å². The molecule has 0 aliphatic rings. The van der Waals surface area contributed by atoms with Crippen LogP contribution in [0.15, 0.2) is 27.8 Å². The molecule has 0 aromatic carbocycles. The van der Waals surface area contributed by atoms with E-state index in [1.165, 1.54) is 6.42 Å². The topological polar surface area (TPSA) is 24.9 Å². The molecule has 0 saturated carbocycles. The van der Waals surface area contributed by atoms with E-state index >= 15 is 0 Å². The van der Waals surface area contributed by atoms with Crippen LogP contribution in [0.3, 0.4) is 0 Å². The van der Waals surface area contributed by atoms with Crippen molar-refractivity contribution < 1.29 is 0 Å². The molecule has 0 radical (unpaired) electrons. The fourth-order valence-electron chi connectivity index (χ4n) is 1.33. The summed E-state index contributed by atoms with van der Waals surface area (Å²) in [6.45, 7) is 5.52. The highest BCUT2D eigenvalue weighted by Crippen LogP contribution is 2.25. The highest BCUT2D eigenvalue weighted by molar-refractivity contribution is 9.10. The largest absolute Gasteiger partial charge is 0.313 e. The second-order valence-electron chi connectivity index (χ2n) is 3.66. The Labute approximate surface area is 111 Å². The van der Waals surface area contributed by atoms with Crippen molar-refractivity contribution in [3.63, 3.8) is 0 Å². The van der Waals surface area contributed by atoms with Crippen LogP contribution in [-0.4, -0.2) is 23.3 Å². The van der Waals surface area contributed by atoms with E-state index in [2.05, 4.69) is 40.1 Å². The summed E-state index contributed by atoms with van der Waals surface area (Å²) in [5, 5.41) is 4.63. The second-order valence-corrected chi connectivity index (χ2v) is 5.52. The minimum Gasteiger partial charge on any atom is -0.313 e. The van der Waals surface area contributed by atoms with Crippen LogP contribution in [-0.2, 0) is 0 Å². The number of hydrogen-bond donors (Lipinski definition) is 1. The molecule has 16 heavy (non-hydrogen) atoms. The van der Waals surface area contributed by atoms with E-state index in [4.69, 9.17) is 0 Å². The Hall–Kier alpha value is -0.0600. The minimum atomic E-state index is 0.582.